The number of aromatic nitrogens is 1. The molecule has 3 aromatic rings. The van der Waals surface area contributed by atoms with Gasteiger partial charge in [0, 0.05) is 38.1 Å². The van der Waals surface area contributed by atoms with Gasteiger partial charge < -0.3 is 14.0 Å². The first kappa shape index (κ1) is 26.8. The lowest BCUT2D eigenvalue weighted by molar-refractivity contribution is -0.201. The molecule has 0 radical (unpaired) electrons. The van der Waals surface area contributed by atoms with Crippen LogP contribution in [-0.4, -0.2) is 49.9 Å². The second-order valence-electron chi connectivity index (χ2n) is 9.47. The van der Waals surface area contributed by atoms with Gasteiger partial charge in [0.25, 0.3) is 11.5 Å². The van der Waals surface area contributed by atoms with Crippen LogP contribution in [0.5, 0.6) is 5.75 Å². The number of ether oxygens (including phenoxy) is 2. The van der Waals surface area contributed by atoms with Crippen LogP contribution in [0.4, 0.5) is 0 Å². The van der Waals surface area contributed by atoms with E-state index >= 15 is 0 Å². The summed E-state index contributed by atoms with van der Waals surface area (Å²) in [7, 11) is -2.21. The lowest BCUT2D eigenvalue weighted by Crippen LogP contribution is -2.51. The van der Waals surface area contributed by atoms with E-state index in [0.29, 0.717) is 13.0 Å². The monoisotopic (exact) mass is 528 g/mol. The predicted molar refractivity (Wildman–Crippen MR) is 141 cm³/mol. The van der Waals surface area contributed by atoms with Gasteiger partial charge in [-0.05, 0) is 72.4 Å². The molecule has 1 N–H and O–H groups in total. The van der Waals surface area contributed by atoms with E-state index < -0.39 is 26.8 Å². The second-order valence-corrected chi connectivity index (χ2v) is 11.9. The zero-order valence-electron chi connectivity index (χ0n) is 21.2. The van der Waals surface area contributed by atoms with E-state index in [1.165, 1.54) is 17.6 Å². The number of hydrogen-bond donors (Lipinski definition) is 1. The van der Waals surface area contributed by atoms with E-state index in [-0.39, 0.29) is 18.5 Å². The van der Waals surface area contributed by atoms with Gasteiger partial charge in [-0.15, -0.1) is 0 Å². The first-order valence-electron chi connectivity index (χ1n) is 12.2. The van der Waals surface area contributed by atoms with Gasteiger partial charge in [-0.3, -0.25) is 9.59 Å². The third kappa shape index (κ3) is 6.03. The Labute approximate surface area is 216 Å². The number of nitrogens with zero attached hydrogens (tertiary/aromatic N) is 1. The van der Waals surface area contributed by atoms with Crippen LogP contribution in [0, 0.1) is 0 Å². The number of sulfone groups is 1. The molecule has 4 rings (SSSR count). The Morgan fingerprint density at radius 1 is 1.11 bits per heavy atom. The number of carbonyl (C=O) groups is 1. The number of pyridine rings is 1. The van der Waals surface area contributed by atoms with Gasteiger partial charge >= 0.3 is 0 Å². The molecule has 0 saturated carbocycles. The lowest BCUT2D eigenvalue weighted by Gasteiger charge is -2.28. The minimum absolute atomic E-state index is 0.0353. The molecule has 1 aromatic heterocycles. The molecule has 1 aliphatic heterocycles. The average molecular weight is 529 g/mol. The van der Waals surface area contributed by atoms with Crippen LogP contribution in [0.2, 0.25) is 0 Å². The Morgan fingerprint density at radius 2 is 1.84 bits per heavy atom. The molecular weight excluding hydrogens is 496 g/mol. The molecule has 0 aliphatic carbocycles. The predicted octanol–water partition coefficient (Wildman–Crippen LogP) is 3.44. The summed E-state index contributed by atoms with van der Waals surface area (Å²) >= 11 is 0. The van der Waals surface area contributed by atoms with Crippen molar-refractivity contribution in [2.45, 2.75) is 50.2 Å². The molecule has 10 heteroatoms. The van der Waals surface area contributed by atoms with Crippen molar-refractivity contribution >= 4 is 26.5 Å². The summed E-state index contributed by atoms with van der Waals surface area (Å²) < 4.78 is 35.5. The molecule has 1 aliphatic rings. The SMILES string of the molecule is COc1ccc2cc(-c3ccn(CCC(C)(C(=O)NOC4CCCCO4)S(C)(=O)=O)c(=O)c3)ccc2c1. The number of fused-ring (bicyclic) bond motifs is 1. The number of carbonyl (C=O) groups excluding carboxylic acids is 1. The van der Waals surface area contributed by atoms with E-state index in [2.05, 4.69) is 5.48 Å². The zero-order chi connectivity index (χ0) is 26.6. The van der Waals surface area contributed by atoms with Gasteiger partial charge in [0.15, 0.2) is 20.9 Å². The number of hydroxylamine groups is 1. The summed E-state index contributed by atoms with van der Waals surface area (Å²) in [6, 6.07) is 15.0. The fraction of sp³-hybridized carbons (Fsp3) is 0.407. The topological polar surface area (TPSA) is 113 Å². The van der Waals surface area contributed by atoms with Gasteiger partial charge in [-0.2, -0.15) is 0 Å². The maximum absolute atomic E-state index is 12.9. The highest BCUT2D eigenvalue weighted by molar-refractivity contribution is 7.92. The Morgan fingerprint density at radius 3 is 2.51 bits per heavy atom. The van der Waals surface area contributed by atoms with Crippen LogP contribution >= 0.6 is 0 Å². The fourth-order valence-electron chi connectivity index (χ4n) is 4.23. The Bertz CT molecular complexity index is 1440. The molecule has 9 nitrogen and oxygen atoms in total. The van der Waals surface area contributed by atoms with Crippen molar-refractivity contribution in [1.82, 2.24) is 10.0 Å². The average Bonchev–Trinajstić information content (AvgIpc) is 2.90. The number of benzene rings is 2. The molecule has 2 aromatic carbocycles. The largest absolute Gasteiger partial charge is 0.497 e. The zero-order valence-corrected chi connectivity index (χ0v) is 22.0. The molecular formula is C27H32N2O7S. The minimum atomic E-state index is -3.83. The quantitative estimate of drug-likeness (QED) is 0.423. The van der Waals surface area contributed by atoms with E-state index in [1.54, 1.807) is 19.4 Å². The molecule has 0 spiro atoms. The molecule has 2 heterocycles. The lowest BCUT2D eigenvalue weighted by atomic mass is 10.0. The van der Waals surface area contributed by atoms with E-state index in [1.807, 2.05) is 36.4 Å². The van der Waals surface area contributed by atoms with Crippen molar-refractivity contribution in [2.24, 2.45) is 0 Å². The van der Waals surface area contributed by atoms with Crippen molar-refractivity contribution in [3.8, 4) is 16.9 Å². The smallest absolute Gasteiger partial charge is 0.264 e. The molecule has 0 bridgehead atoms. The molecule has 37 heavy (non-hydrogen) atoms. The van der Waals surface area contributed by atoms with Gasteiger partial charge in [0.05, 0.1) is 7.11 Å². The summed E-state index contributed by atoms with van der Waals surface area (Å²) in [5.41, 5.74) is 3.59. The van der Waals surface area contributed by atoms with Crippen molar-refractivity contribution in [3.63, 3.8) is 0 Å². The van der Waals surface area contributed by atoms with Crippen molar-refractivity contribution < 1.29 is 27.5 Å². The minimum Gasteiger partial charge on any atom is -0.497 e. The molecule has 1 amide bonds. The third-order valence-corrected chi connectivity index (χ3v) is 8.95. The van der Waals surface area contributed by atoms with Crippen LogP contribution in [0.15, 0.2) is 59.5 Å². The van der Waals surface area contributed by atoms with Gasteiger partial charge in [-0.1, -0.05) is 18.2 Å². The maximum Gasteiger partial charge on any atom is 0.264 e. The number of methoxy groups -OCH3 is 1. The van der Waals surface area contributed by atoms with Crippen LogP contribution in [0.25, 0.3) is 21.9 Å². The molecule has 1 saturated heterocycles. The summed E-state index contributed by atoms with van der Waals surface area (Å²) in [6.45, 7) is 1.90. The summed E-state index contributed by atoms with van der Waals surface area (Å²) in [4.78, 5) is 31.1. The van der Waals surface area contributed by atoms with Crippen LogP contribution in [0.3, 0.4) is 0 Å². The van der Waals surface area contributed by atoms with Crippen LogP contribution < -0.4 is 15.8 Å². The summed E-state index contributed by atoms with van der Waals surface area (Å²) in [6.07, 6.45) is 4.34. The highest BCUT2D eigenvalue weighted by Gasteiger charge is 2.44. The number of rotatable bonds is 9. The number of amides is 1. The Hall–Kier alpha value is -3.21. The van der Waals surface area contributed by atoms with Gasteiger partial charge in [-0.25, -0.2) is 18.7 Å². The molecule has 198 valence electrons. The normalized spacial score (nSPS) is 17.8. The van der Waals surface area contributed by atoms with Gasteiger partial charge in [0.2, 0.25) is 0 Å². The Kier molecular flexibility index (Phi) is 8.01. The highest BCUT2D eigenvalue weighted by atomic mass is 32.2. The molecule has 1 fully saturated rings. The van der Waals surface area contributed by atoms with Crippen molar-refractivity contribution in [3.05, 3.63) is 65.1 Å². The van der Waals surface area contributed by atoms with Crippen molar-refractivity contribution in [2.75, 3.05) is 20.0 Å². The standard InChI is InChI=1S/C27H32N2O7S/c1-27(37(3,32)33,26(31)28-36-25-6-4-5-15-35-25)12-14-29-13-11-22(18-24(29)30)19-7-8-21-17-23(34-2)10-9-20(21)16-19/h7-11,13,16-18,25H,4-6,12,14-15H2,1-3H3,(H,28,31). The van der Waals surface area contributed by atoms with E-state index in [0.717, 1.165) is 46.7 Å². The Balaban J connectivity index is 1.48. The first-order chi connectivity index (χ1) is 17.6. The molecule has 2 unspecified atom stereocenters. The maximum atomic E-state index is 12.9. The van der Waals surface area contributed by atoms with Crippen molar-refractivity contribution in [1.29, 1.82) is 0 Å². The first-order valence-corrected chi connectivity index (χ1v) is 14.1. The highest BCUT2D eigenvalue weighted by Crippen LogP contribution is 2.27. The second kappa shape index (κ2) is 11.0. The molecule has 2 atom stereocenters. The van der Waals surface area contributed by atoms with Crippen LogP contribution in [-0.2, 0) is 30.8 Å². The third-order valence-electron chi connectivity index (χ3n) is 6.93. The van der Waals surface area contributed by atoms with Crippen LogP contribution in [0.1, 0.15) is 32.6 Å². The van der Waals surface area contributed by atoms with Gasteiger partial charge in [0.1, 0.15) is 5.75 Å². The number of aryl methyl sites for hydroxylation is 1. The summed E-state index contributed by atoms with van der Waals surface area (Å²) in [5.74, 6) is -0.0202. The number of hydrogen-bond acceptors (Lipinski definition) is 7. The van der Waals surface area contributed by atoms with E-state index in [4.69, 9.17) is 14.3 Å². The van der Waals surface area contributed by atoms with E-state index in [9.17, 15) is 18.0 Å². The summed E-state index contributed by atoms with van der Waals surface area (Å²) in [5, 5.41) is 2.03. The number of nitrogens with one attached hydrogen (secondary N) is 1. The fourth-order valence-corrected chi connectivity index (χ4v) is 5.08.